The molecule has 1 N–H and O–H groups in total. The topological polar surface area (TPSA) is 62.1 Å². The van der Waals surface area contributed by atoms with Crippen LogP contribution in [0.5, 0.6) is 5.75 Å². The first-order valence-corrected chi connectivity index (χ1v) is 11.2. The molecule has 3 rings (SSSR count). The number of aryl methyl sites for hydroxylation is 1. The van der Waals surface area contributed by atoms with E-state index in [4.69, 9.17) is 16.3 Å². The highest BCUT2D eigenvalue weighted by atomic mass is 79.9. The van der Waals surface area contributed by atoms with Gasteiger partial charge in [0, 0.05) is 14.0 Å². The first-order chi connectivity index (χ1) is 14.9. The summed E-state index contributed by atoms with van der Waals surface area (Å²) in [4.78, 5) is 12.6. The zero-order chi connectivity index (χ0) is 22.4. The number of nitrogens with one attached hydrogen (secondary N) is 1. The molecule has 0 unspecified atom stereocenters. The van der Waals surface area contributed by atoms with Crippen molar-refractivity contribution < 1.29 is 9.53 Å². The quantitative estimate of drug-likeness (QED) is 0.254. The molecule has 0 saturated carbocycles. The monoisotopic (exact) mass is 558 g/mol. The lowest BCUT2D eigenvalue weighted by Gasteiger charge is -2.10. The van der Waals surface area contributed by atoms with E-state index in [0.717, 1.165) is 20.1 Å². The van der Waals surface area contributed by atoms with Crippen molar-refractivity contribution >= 4 is 61.1 Å². The van der Waals surface area contributed by atoms with E-state index in [2.05, 4.69) is 37.2 Å². The molecule has 0 spiro atoms. The van der Waals surface area contributed by atoms with Crippen molar-refractivity contribution in [2.45, 2.75) is 13.5 Å². The van der Waals surface area contributed by atoms with E-state index in [9.17, 15) is 10.1 Å². The summed E-state index contributed by atoms with van der Waals surface area (Å²) >= 11 is 12.9. The zero-order valence-electron chi connectivity index (χ0n) is 16.5. The van der Waals surface area contributed by atoms with E-state index < -0.39 is 5.91 Å². The van der Waals surface area contributed by atoms with E-state index in [1.165, 1.54) is 6.08 Å². The maximum Gasteiger partial charge on any atom is 0.266 e. The lowest BCUT2D eigenvalue weighted by molar-refractivity contribution is -0.112. The van der Waals surface area contributed by atoms with Gasteiger partial charge in [-0.3, -0.25) is 4.79 Å². The average molecular weight is 561 g/mol. The van der Waals surface area contributed by atoms with Crippen LogP contribution in [-0.2, 0) is 11.4 Å². The van der Waals surface area contributed by atoms with E-state index in [-0.39, 0.29) is 5.57 Å². The van der Waals surface area contributed by atoms with Crippen molar-refractivity contribution in [3.05, 3.63) is 96.9 Å². The minimum atomic E-state index is -0.492. The van der Waals surface area contributed by atoms with Gasteiger partial charge >= 0.3 is 0 Å². The summed E-state index contributed by atoms with van der Waals surface area (Å²) in [6, 6.07) is 20.4. The molecule has 0 bridgehead atoms. The highest BCUT2D eigenvalue weighted by molar-refractivity contribution is 9.11. The Balaban J connectivity index is 1.69. The van der Waals surface area contributed by atoms with Crippen LogP contribution in [0, 0.1) is 18.3 Å². The Hall–Kier alpha value is -2.59. The summed E-state index contributed by atoms with van der Waals surface area (Å²) in [6.07, 6.45) is 1.53. The van der Waals surface area contributed by atoms with Gasteiger partial charge in [-0.05, 0) is 97.9 Å². The Morgan fingerprint density at radius 3 is 2.42 bits per heavy atom. The standard InChI is InChI=1S/C24H17Br2ClN2O2/c1-15-9-21(25)23(22(26)10-15)29-24(30)18(13-28)11-16-5-7-20(8-6-16)31-14-17-3-2-4-19(27)12-17/h2-12H,14H2,1H3,(H,29,30)/b18-11+. The van der Waals surface area contributed by atoms with Crippen molar-refractivity contribution in [1.29, 1.82) is 5.26 Å². The van der Waals surface area contributed by atoms with Crippen molar-refractivity contribution in [3.8, 4) is 11.8 Å². The molecule has 3 aromatic carbocycles. The fraction of sp³-hybridized carbons (Fsp3) is 0.0833. The van der Waals surface area contributed by atoms with Gasteiger partial charge in [-0.1, -0.05) is 35.9 Å². The SMILES string of the molecule is Cc1cc(Br)c(NC(=O)/C(C#N)=C/c2ccc(OCc3cccc(Cl)c3)cc2)c(Br)c1. The highest BCUT2D eigenvalue weighted by Crippen LogP contribution is 2.32. The van der Waals surface area contributed by atoms with Gasteiger partial charge in [0.15, 0.2) is 0 Å². The Bertz CT molecular complexity index is 1160. The largest absolute Gasteiger partial charge is 0.489 e. The van der Waals surface area contributed by atoms with Crippen molar-refractivity contribution in [2.75, 3.05) is 5.32 Å². The zero-order valence-corrected chi connectivity index (χ0v) is 20.4. The van der Waals surface area contributed by atoms with Crippen LogP contribution >= 0.6 is 43.5 Å². The minimum absolute atomic E-state index is 0.00743. The van der Waals surface area contributed by atoms with Crippen LogP contribution in [0.4, 0.5) is 5.69 Å². The van der Waals surface area contributed by atoms with Crippen LogP contribution in [0.25, 0.3) is 6.08 Å². The predicted octanol–water partition coefficient (Wildman–Crippen LogP) is 7.30. The molecule has 3 aromatic rings. The van der Waals surface area contributed by atoms with Crippen LogP contribution < -0.4 is 10.1 Å². The molecule has 0 radical (unpaired) electrons. The van der Waals surface area contributed by atoms with Crippen LogP contribution in [0.1, 0.15) is 16.7 Å². The number of carbonyl (C=O) groups excluding carboxylic acids is 1. The second-order valence-electron chi connectivity index (χ2n) is 6.72. The summed E-state index contributed by atoms with van der Waals surface area (Å²) < 4.78 is 7.22. The third-order valence-corrected chi connectivity index (χ3v) is 5.76. The first kappa shape index (κ1) is 23.1. The Kier molecular flexibility index (Phi) is 7.91. The number of halogens is 3. The van der Waals surface area contributed by atoms with Crippen LogP contribution in [0.15, 0.2) is 75.2 Å². The number of nitriles is 1. The van der Waals surface area contributed by atoms with E-state index >= 15 is 0 Å². The molecule has 156 valence electrons. The minimum Gasteiger partial charge on any atom is -0.489 e. The summed E-state index contributed by atoms with van der Waals surface area (Å²) in [5.74, 6) is 0.182. The van der Waals surface area contributed by atoms with Gasteiger partial charge in [0.25, 0.3) is 5.91 Å². The number of benzene rings is 3. The summed E-state index contributed by atoms with van der Waals surface area (Å²) in [5.41, 5.74) is 3.27. The number of ether oxygens (including phenoxy) is 1. The predicted molar refractivity (Wildman–Crippen MR) is 131 cm³/mol. The first-order valence-electron chi connectivity index (χ1n) is 9.22. The van der Waals surface area contributed by atoms with Gasteiger partial charge in [-0.2, -0.15) is 5.26 Å². The second kappa shape index (κ2) is 10.6. The number of hydrogen-bond acceptors (Lipinski definition) is 3. The van der Waals surface area contributed by atoms with Crippen molar-refractivity contribution in [1.82, 2.24) is 0 Å². The van der Waals surface area contributed by atoms with E-state index in [1.54, 1.807) is 24.3 Å². The lowest BCUT2D eigenvalue weighted by Crippen LogP contribution is -2.14. The summed E-state index contributed by atoms with van der Waals surface area (Å²) in [7, 11) is 0. The number of amides is 1. The van der Waals surface area contributed by atoms with Gasteiger partial charge in [-0.15, -0.1) is 0 Å². The Labute approximate surface area is 202 Å². The lowest BCUT2D eigenvalue weighted by atomic mass is 10.1. The Morgan fingerprint density at radius 2 is 1.81 bits per heavy atom. The molecule has 4 nitrogen and oxygen atoms in total. The third kappa shape index (κ3) is 6.44. The number of anilines is 1. The second-order valence-corrected chi connectivity index (χ2v) is 8.86. The molecule has 0 aliphatic heterocycles. The van der Waals surface area contributed by atoms with Gasteiger partial charge < -0.3 is 10.1 Å². The molecule has 0 aliphatic rings. The third-order valence-electron chi connectivity index (χ3n) is 4.28. The van der Waals surface area contributed by atoms with Gasteiger partial charge in [-0.25, -0.2) is 0 Å². The smallest absolute Gasteiger partial charge is 0.266 e. The molecule has 0 aromatic heterocycles. The van der Waals surface area contributed by atoms with Crippen LogP contribution in [-0.4, -0.2) is 5.91 Å². The summed E-state index contributed by atoms with van der Waals surface area (Å²) in [5, 5.41) is 12.9. The molecule has 7 heteroatoms. The molecule has 1 amide bonds. The molecule has 0 fully saturated rings. The van der Waals surface area contributed by atoms with E-state index in [0.29, 0.717) is 28.6 Å². The maximum absolute atomic E-state index is 12.6. The normalized spacial score (nSPS) is 11.0. The van der Waals surface area contributed by atoms with Crippen LogP contribution in [0.3, 0.4) is 0 Å². The van der Waals surface area contributed by atoms with Gasteiger partial charge in [0.1, 0.15) is 24.0 Å². The molecule has 31 heavy (non-hydrogen) atoms. The maximum atomic E-state index is 12.6. The number of hydrogen-bond donors (Lipinski definition) is 1. The van der Waals surface area contributed by atoms with Crippen LogP contribution in [0.2, 0.25) is 5.02 Å². The molecular formula is C24H17Br2ClN2O2. The van der Waals surface area contributed by atoms with Crippen molar-refractivity contribution in [2.24, 2.45) is 0 Å². The van der Waals surface area contributed by atoms with Gasteiger partial charge in [0.05, 0.1) is 5.69 Å². The highest BCUT2D eigenvalue weighted by Gasteiger charge is 2.14. The van der Waals surface area contributed by atoms with E-state index in [1.807, 2.05) is 49.4 Å². The number of carbonyl (C=O) groups is 1. The van der Waals surface area contributed by atoms with Gasteiger partial charge in [0.2, 0.25) is 0 Å². The van der Waals surface area contributed by atoms with Crippen molar-refractivity contribution in [3.63, 3.8) is 0 Å². The fourth-order valence-corrected chi connectivity index (χ4v) is 4.60. The molecule has 0 heterocycles. The summed E-state index contributed by atoms with van der Waals surface area (Å²) in [6.45, 7) is 2.34. The Morgan fingerprint density at radius 1 is 1.13 bits per heavy atom. The number of nitrogens with zero attached hydrogens (tertiary/aromatic N) is 1. The average Bonchev–Trinajstić information content (AvgIpc) is 2.74. The molecular weight excluding hydrogens is 544 g/mol. The fourth-order valence-electron chi connectivity index (χ4n) is 2.77. The molecule has 0 aliphatic carbocycles. The molecule has 0 saturated heterocycles. The number of rotatable bonds is 6. The molecule has 0 atom stereocenters.